The van der Waals surface area contributed by atoms with Crippen LogP contribution in [0.5, 0.6) is 0 Å². The van der Waals surface area contributed by atoms with E-state index < -0.39 is 0 Å². The summed E-state index contributed by atoms with van der Waals surface area (Å²) in [6.45, 7) is 0. The van der Waals surface area contributed by atoms with Crippen molar-refractivity contribution in [1.29, 1.82) is 0 Å². The minimum absolute atomic E-state index is 0. The van der Waals surface area contributed by atoms with E-state index in [1.54, 1.807) is 0 Å². The Labute approximate surface area is 136 Å². The van der Waals surface area contributed by atoms with E-state index in [2.05, 4.69) is 0 Å². The fourth-order valence-corrected chi connectivity index (χ4v) is 0. The largest absolute Gasteiger partial charge is 2.00 e. The summed E-state index contributed by atoms with van der Waals surface area (Å²) in [6, 6.07) is 0. The van der Waals surface area contributed by atoms with Crippen molar-refractivity contribution in [2.24, 2.45) is 0 Å². The number of hydrogen-bond acceptors (Lipinski definition) is 0. The molecule has 0 amide bonds. The predicted molar refractivity (Wildman–Crippen MR) is 0 cm³/mol. The van der Waals surface area contributed by atoms with Crippen molar-refractivity contribution in [2.45, 2.75) is 0 Å². The van der Waals surface area contributed by atoms with Crippen LogP contribution in [-0.4, -0.2) is 0 Å². The maximum atomic E-state index is 0. The van der Waals surface area contributed by atoms with Gasteiger partial charge in [-0.2, -0.15) is 0 Å². The summed E-state index contributed by atoms with van der Waals surface area (Å²) in [5, 5.41) is 0. The Kier molecular flexibility index (Phi) is 164. The van der Waals surface area contributed by atoms with Crippen molar-refractivity contribution in [2.75, 3.05) is 0 Å². The molecule has 0 N–H and O–H groups in total. The fourth-order valence-electron chi connectivity index (χ4n) is 0. The predicted octanol–water partition coefficient (Wildman–Crippen LogP) is -12.0. The van der Waals surface area contributed by atoms with Crippen LogP contribution in [0, 0.1) is 0 Å². The molecule has 5 heteroatoms. The van der Waals surface area contributed by atoms with E-state index in [-0.39, 0.29) is 140 Å². The Morgan fingerprint density at radius 2 is 0.600 bits per heavy atom. The normalized spacial score (nSPS) is 0. The van der Waals surface area contributed by atoms with Gasteiger partial charge in [0, 0.05) is 0 Å². The number of halogens is 3. The van der Waals surface area contributed by atoms with Gasteiger partial charge in [-0.15, -0.1) is 0 Å². The first-order valence-electron chi connectivity index (χ1n) is 0. The Bertz CT molecular complexity index is 6.85. The zero-order valence-electron chi connectivity index (χ0n) is 2.49. The molecule has 0 rings (SSSR count). The van der Waals surface area contributed by atoms with E-state index in [4.69, 9.17) is 0 Å². The van der Waals surface area contributed by atoms with Crippen LogP contribution >= 0.6 is 0 Å². The van der Waals surface area contributed by atoms with Gasteiger partial charge in [0.05, 0.1) is 0 Å². The molecule has 0 atom stereocenters. The Morgan fingerprint density at radius 1 is 0.600 bits per heavy atom. The van der Waals surface area contributed by atoms with Gasteiger partial charge in [0.1, 0.15) is 0 Å². The van der Waals surface area contributed by atoms with Gasteiger partial charge in [-0.1, -0.05) is 0 Å². The molecular weight excluding hydrogens is 476 g/mol. The zero-order chi connectivity index (χ0) is 0. The van der Waals surface area contributed by atoms with Crippen LogP contribution in [0.25, 0.3) is 0 Å². The molecule has 0 aliphatic heterocycles. The molecule has 0 radical (unpaired) electrons. The van der Waals surface area contributed by atoms with Gasteiger partial charge >= 0.3 is 68.5 Å². The minimum Gasteiger partial charge on any atom is -1.00 e. The van der Waals surface area contributed by atoms with Crippen molar-refractivity contribution in [3.05, 3.63) is 0 Å². The quantitative estimate of drug-likeness (QED) is 0.241. The second-order valence-electron chi connectivity index (χ2n) is 0. The average Bonchev–Trinajstić information content (AvgIpc) is 0. The van der Waals surface area contributed by atoms with Crippen molar-refractivity contribution < 1.29 is 140 Å². The van der Waals surface area contributed by atoms with Crippen LogP contribution in [-0.2, 0) is 17.1 Å². The molecule has 0 aromatic carbocycles. The van der Waals surface area contributed by atoms with Gasteiger partial charge < -0.3 is 71.9 Å². The monoisotopic (exact) mass is 476 g/mol. The summed E-state index contributed by atoms with van der Waals surface area (Å²) in [7, 11) is 0. The second-order valence-corrected chi connectivity index (χ2v) is 0. The molecule has 0 aromatic heterocycles. The van der Waals surface area contributed by atoms with E-state index in [9.17, 15) is 0 Å². The fraction of sp³-hybridized carbons (Fsp3) is 0. The molecule has 0 aliphatic carbocycles. The summed E-state index contributed by atoms with van der Waals surface area (Å²) in [4.78, 5) is 0. The van der Waals surface area contributed by atoms with Crippen LogP contribution in [0.4, 0.5) is 0 Å². The van der Waals surface area contributed by atoms with E-state index in [0.717, 1.165) is 0 Å². The summed E-state index contributed by atoms with van der Waals surface area (Å²) in [5.41, 5.74) is 0. The molecule has 0 fully saturated rings. The van der Waals surface area contributed by atoms with Crippen molar-refractivity contribution in [3.63, 3.8) is 0 Å². The summed E-state index contributed by atoms with van der Waals surface area (Å²) in [5.74, 6) is 0. The molecule has 0 bridgehead atoms. The van der Waals surface area contributed by atoms with Crippen LogP contribution in [0.1, 0.15) is 0 Å². The van der Waals surface area contributed by atoms with E-state index in [1.807, 2.05) is 0 Å². The minimum atomic E-state index is 0. The smallest absolute Gasteiger partial charge is 1.00 e. The van der Waals surface area contributed by atoms with Crippen molar-refractivity contribution in [3.8, 4) is 0 Å². The van der Waals surface area contributed by atoms with Gasteiger partial charge in [-0.3, -0.25) is 0 Å². The molecule has 5 heavy (non-hydrogen) atoms. The summed E-state index contributed by atoms with van der Waals surface area (Å²) in [6.07, 6.45) is 0. The molecule has 0 unspecified atom stereocenters. The molecular formula is FeI3K. The molecule has 0 aromatic rings. The molecule has 0 saturated carbocycles. The van der Waals surface area contributed by atoms with Crippen molar-refractivity contribution >= 4 is 0 Å². The molecule has 0 nitrogen and oxygen atoms in total. The van der Waals surface area contributed by atoms with Gasteiger partial charge in [0.25, 0.3) is 0 Å². The number of rotatable bonds is 0. The Hall–Kier alpha value is 4.35. The van der Waals surface area contributed by atoms with Crippen LogP contribution < -0.4 is 123 Å². The average molecular weight is 476 g/mol. The van der Waals surface area contributed by atoms with Gasteiger partial charge in [0.15, 0.2) is 0 Å². The molecule has 30 valence electrons. The maximum Gasteiger partial charge on any atom is 2.00 e. The molecule has 0 spiro atoms. The van der Waals surface area contributed by atoms with E-state index in [0.29, 0.717) is 0 Å². The Morgan fingerprint density at radius 3 is 0.600 bits per heavy atom. The van der Waals surface area contributed by atoms with Gasteiger partial charge in [0.2, 0.25) is 0 Å². The van der Waals surface area contributed by atoms with Gasteiger partial charge in [-0.25, -0.2) is 0 Å². The SMILES string of the molecule is [Fe+2].[I-].[I-].[I-].[K+]. The van der Waals surface area contributed by atoms with Crippen LogP contribution in [0.2, 0.25) is 0 Å². The first-order chi connectivity index (χ1) is 0. The zero-order valence-corrected chi connectivity index (χ0v) is 13.2. The number of hydrogen-bond donors (Lipinski definition) is 0. The molecule has 0 aliphatic rings. The second kappa shape index (κ2) is 23.8. The third-order valence-corrected chi connectivity index (χ3v) is 0. The molecule has 0 heterocycles. The summed E-state index contributed by atoms with van der Waals surface area (Å²) >= 11 is 0. The van der Waals surface area contributed by atoms with E-state index >= 15 is 0 Å². The first kappa shape index (κ1) is 34.5. The van der Waals surface area contributed by atoms with Crippen molar-refractivity contribution in [1.82, 2.24) is 0 Å². The first-order valence-corrected chi connectivity index (χ1v) is 0. The third kappa shape index (κ3) is 17.8. The summed E-state index contributed by atoms with van der Waals surface area (Å²) < 4.78 is 0. The maximum absolute atomic E-state index is 0. The standard InChI is InChI=1S/Fe.3HI.K/h;3*1H;/q+2;;;;+1/p-3. The van der Waals surface area contributed by atoms with E-state index in [1.165, 1.54) is 0 Å². The topological polar surface area (TPSA) is 0 Å². The van der Waals surface area contributed by atoms with Crippen LogP contribution in [0.3, 0.4) is 0 Å². The third-order valence-electron chi connectivity index (χ3n) is 0. The Balaban J connectivity index is 0. The van der Waals surface area contributed by atoms with Crippen LogP contribution in [0.15, 0.2) is 0 Å². The van der Waals surface area contributed by atoms with Gasteiger partial charge in [-0.05, 0) is 0 Å². The molecule has 0 saturated heterocycles.